The maximum absolute atomic E-state index is 12.5. The minimum absolute atomic E-state index is 0.0750. The summed E-state index contributed by atoms with van der Waals surface area (Å²) in [5.41, 5.74) is 0.804. The van der Waals surface area contributed by atoms with Crippen molar-refractivity contribution in [2.24, 2.45) is 5.41 Å². The summed E-state index contributed by atoms with van der Waals surface area (Å²) in [6, 6.07) is 1.86. The molecular formula is C13H14Br2N2O2S. The summed E-state index contributed by atoms with van der Waals surface area (Å²) < 4.78 is 1.82. The highest BCUT2D eigenvalue weighted by molar-refractivity contribution is 9.12. The van der Waals surface area contributed by atoms with Gasteiger partial charge in [-0.1, -0.05) is 0 Å². The van der Waals surface area contributed by atoms with Crippen molar-refractivity contribution in [1.29, 1.82) is 0 Å². The molecule has 1 N–H and O–H groups in total. The van der Waals surface area contributed by atoms with Gasteiger partial charge in [0.05, 0.1) is 13.1 Å². The van der Waals surface area contributed by atoms with Crippen molar-refractivity contribution in [3.63, 3.8) is 0 Å². The van der Waals surface area contributed by atoms with E-state index in [1.54, 1.807) is 0 Å². The Morgan fingerprint density at radius 2 is 2.05 bits per heavy atom. The van der Waals surface area contributed by atoms with E-state index in [9.17, 15) is 9.59 Å². The van der Waals surface area contributed by atoms with Crippen LogP contribution < -0.4 is 5.32 Å². The molecule has 2 fully saturated rings. The van der Waals surface area contributed by atoms with Crippen LogP contribution in [-0.2, 0) is 4.79 Å². The normalized spacial score (nSPS) is 21.3. The lowest BCUT2D eigenvalue weighted by molar-refractivity contribution is -0.119. The lowest BCUT2D eigenvalue weighted by atomic mass is 9.77. The van der Waals surface area contributed by atoms with Gasteiger partial charge in [-0.25, -0.2) is 0 Å². The van der Waals surface area contributed by atoms with Gasteiger partial charge in [0.1, 0.15) is 0 Å². The van der Waals surface area contributed by atoms with Gasteiger partial charge in [-0.15, -0.1) is 11.3 Å². The Hall–Kier alpha value is -0.400. The van der Waals surface area contributed by atoms with Crippen LogP contribution in [0.3, 0.4) is 0 Å². The third kappa shape index (κ3) is 2.67. The molecule has 1 spiro atoms. The number of hydrogen-bond donors (Lipinski definition) is 1. The second kappa shape index (κ2) is 5.42. The number of carbonyl (C=O) groups is 2. The molecule has 2 aliphatic heterocycles. The van der Waals surface area contributed by atoms with E-state index in [1.165, 1.54) is 11.3 Å². The zero-order chi connectivity index (χ0) is 14.3. The van der Waals surface area contributed by atoms with Gasteiger partial charge >= 0.3 is 0 Å². The molecule has 3 rings (SSSR count). The molecule has 1 aromatic heterocycles. The Morgan fingerprint density at radius 3 is 2.55 bits per heavy atom. The van der Waals surface area contributed by atoms with Gasteiger partial charge in [-0.3, -0.25) is 9.59 Å². The zero-order valence-corrected chi connectivity index (χ0v) is 14.7. The first-order valence-electron chi connectivity index (χ1n) is 6.50. The number of nitrogens with zero attached hydrogens (tertiary/aromatic N) is 1. The smallest absolute Gasteiger partial charge is 0.255 e. The molecule has 0 radical (unpaired) electrons. The summed E-state index contributed by atoms with van der Waals surface area (Å²) in [5.74, 6) is 0.222. The number of carbonyl (C=O) groups excluding carboxylic acids is 2. The maximum Gasteiger partial charge on any atom is 0.255 e. The fraction of sp³-hybridized carbons (Fsp3) is 0.538. The molecule has 0 aromatic carbocycles. The lowest BCUT2D eigenvalue weighted by Crippen LogP contribution is -2.44. The quantitative estimate of drug-likeness (QED) is 0.757. The number of rotatable bonds is 1. The Morgan fingerprint density at radius 1 is 1.35 bits per heavy atom. The molecule has 7 heteroatoms. The van der Waals surface area contributed by atoms with Crippen LogP contribution in [0.25, 0.3) is 0 Å². The van der Waals surface area contributed by atoms with Crippen LogP contribution in [0.5, 0.6) is 0 Å². The first-order chi connectivity index (χ1) is 9.49. The molecule has 3 heterocycles. The fourth-order valence-corrected chi connectivity index (χ4v) is 5.72. The standard InChI is InChI=1S/C13H14Br2N2O2S/c14-9-5-8(11(15)20-9)12(19)17-3-1-13(2-4-17)6-10(18)16-7-13/h5H,1-4,6-7H2,(H,16,18). The maximum atomic E-state index is 12.5. The average Bonchev–Trinajstić information content (AvgIpc) is 2.93. The minimum atomic E-state index is 0.0750. The largest absolute Gasteiger partial charge is 0.356 e. The molecular weight excluding hydrogens is 408 g/mol. The van der Waals surface area contributed by atoms with Crippen LogP contribution in [-0.4, -0.2) is 36.3 Å². The van der Waals surface area contributed by atoms with Crippen LogP contribution in [0.2, 0.25) is 0 Å². The Balaban J connectivity index is 1.68. The van der Waals surface area contributed by atoms with Crippen LogP contribution in [0.4, 0.5) is 0 Å². The van der Waals surface area contributed by atoms with E-state index in [2.05, 4.69) is 37.2 Å². The summed E-state index contributed by atoms with van der Waals surface area (Å²) in [7, 11) is 0. The van der Waals surface area contributed by atoms with E-state index >= 15 is 0 Å². The number of halogens is 2. The van der Waals surface area contributed by atoms with Crippen molar-refractivity contribution in [2.45, 2.75) is 19.3 Å². The summed E-state index contributed by atoms with van der Waals surface area (Å²) in [6.45, 7) is 2.23. The molecule has 4 nitrogen and oxygen atoms in total. The molecule has 0 bridgehead atoms. The van der Waals surface area contributed by atoms with Gasteiger partial charge in [0.2, 0.25) is 5.91 Å². The molecule has 2 aliphatic rings. The van der Waals surface area contributed by atoms with Crippen molar-refractivity contribution in [3.8, 4) is 0 Å². The first-order valence-corrected chi connectivity index (χ1v) is 8.90. The van der Waals surface area contributed by atoms with Crippen LogP contribution in [0.15, 0.2) is 13.6 Å². The van der Waals surface area contributed by atoms with Crippen LogP contribution in [0.1, 0.15) is 29.6 Å². The Bertz CT molecular complexity index is 565. The summed E-state index contributed by atoms with van der Waals surface area (Å²) in [5, 5.41) is 2.91. The number of piperidine rings is 1. The number of nitrogens with one attached hydrogen (secondary N) is 1. The third-order valence-corrected chi connectivity index (χ3v) is 6.53. The van der Waals surface area contributed by atoms with E-state index in [-0.39, 0.29) is 17.2 Å². The lowest BCUT2D eigenvalue weighted by Gasteiger charge is -2.38. The molecule has 108 valence electrons. The molecule has 2 saturated heterocycles. The third-order valence-electron chi connectivity index (χ3n) is 4.19. The highest BCUT2D eigenvalue weighted by Gasteiger charge is 2.41. The number of likely N-dealkylation sites (tertiary alicyclic amines) is 1. The first kappa shape index (κ1) is 14.5. The van der Waals surface area contributed by atoms with Crippen molar-refractivity contribution >= 4 is 55.0 Å². The van der Waals surface area contributed by atoms with Crippen molar-refractivity contribution in [1.82, 2.24) is 10.2 Å². The molecule has 1 aromatic rings. The number of amides is 2. The van der Waals surface area contributed by atoms with E-state index in [0.29, 0.717) is 6.42 Å². The van der Waals surface area contributed by atoms with Crippen LogP contribution in [0, 0.1) is 5.41 Å². The predicted octanol–water partition coefficient (Wildman–Crippen LogP) is 3.02. The van der Waals surface area contributed by atoms with E-state index in [0.717, 1.165) is 45.6 Å². The molecule has 0 aliphatic carbocycles. The highest BCUT2D eigenvalue weighted by Crippen LogP contribution is 2.39. The highest BCUT2D eigenvalue weighted by atomic mass is 79.9. The van der Waals surface area contributed by atoms with Gasteiger partial charge < -0.3 is 10.2 Å². The monoisotopic (exact) mass is 420 g/mol. The Kier molecular flexibility index (Phi) is 3.94. The van der Waals surface area contributed by atoms with Crippen LogP contribution >= 0.6 is 43.2 Å². The Labute approximate surface area is 138 Å². The summed E-state index contributed by atoms with van der Waals surface area (Å²) in [4.78, 5) is 25.8. The molecule has 0 saturated carbocycles. The average molecular weight is 422 g/mol. The van der Waals surface area contributed by atoms with E-state index in [4.69, 9.17) is 0 Å². The van der Waals surface area contributed by atoms with Gasteiger partial charge in [0, 0.05) is 26.1 Å². The second-order valence-electron chi connectivity index (χ2n) is 5.48. The molecule has 20 heavy (non-hydrogen) atoms. The van der Waals surface area contributed by atoms with E-state index in [1.807, 2.05) is 11.0 Å². The summed E-state index contributed by atoms with van der Waals surface area (Å²) >= 11 is 8.35. The van der Waals surface area contributed by atoms with Crippen molar-refractivity contribution < 1.29 is 9.59 Å². The second-order valence-corrected chi connectivity index (χ2v) is 9.23. The van der Waals surface area contributed by atoms with Gasteiger partial charge in [-0.2, -0.15) is 0 Å². The zero-order valence-electron chi connectivity index (χ0n) is 10.7. The number of hydrogen-bond acceptors (Lipinski definition) is 3. The van der Waals surface area contributed by atoms with Gasteiger partial charge in [-0.05, 0) is 56.2 Å². The minimum Gasteiger partial charge on any atom is -0.356 e. The summed E-state index contributed by atoms with van der Waals surface area (Å²) in [6.07, 6.45) is 2.42. The van der Waals surface area contributed by atoms with Gasteiger partial charge in [0.25, 0.3) is 5.91 Å². The fourth-order valence-electron chi connectivity index (χ4n) is 2.95. The molecule has 0 atom stereocenters. The van der Waals surface area contributed by atoms with Gasteiger partial charge in [0.15, 0.2) is 0 Å². The molecule has 0 unspecified atom stereocenters. The molecule has 2 amide bonds. The number of thiophene rings is 1. The van der Waals surface area contributed by atoms with Crippen molar-refractivity contribution in [3.05, 3.63) is 19.2 Å². The topological polar surface area (TPSA) is 49.4 Å². The predicted molar refractivity (Wildman–Crippen MR) is 84.9 cm³/mol. The van der Waals surface area contributed by atoms with E-state index < -0.39 is 0 Å². The SMILES string of the molecule is O=C1CC2(CCN(C(=O)c3cc(Br)sc3Br)CC2)CN1. The van der Waals surface area contributed by atoms with Crippen molar-refractivity contribution in [2.75, 3.05) is 19.6 Å².